The van der Waals surface area contributed by atoms with Gasteiger partial charge >= 0.3 is 0 Å². The van der Waals surface area contributed by atoms with Crippen molar-refractivity contribution in [3.63, 3.8) is 0 Å². The molecule has 0 aliphatic rings. The average molecular weight is 252 g/mol. The molecular formula is C18H20O. The maximum Gasteiger partial charge on any atom is 0.127 e. The Morgan fingerprint density at radius 3 is 2.42 bits per heavy atom. The van der Waals surface area contributed by atoms with E-state index >= 15 is 0 Å². The van der Waals surface area contributed by atoms with Crippen LogP contribution < -0.4 is 4.74 Å². The summed E-state index contributed by atoms with van der Waals surface area (Å²) < 4.78 is 5.86. The van der Waals surface area contributed by atoms with E-state index in [2.05, 4.69) is 31.7 Å². The first-order chi connectivity index (χ1) is 9.33. The lowest BCUT2D eigenvalue weighted by Crippen LogP contribution is -1.99. The van der Waals surface area contributed by atoms with Gasteiger partial charge in [0, 0.05) is 5.56 Å². The molecule has 98 valence electrons. The molecule has 0 N–H and O–H groups in total. The summed E-state index contributed by atoms with van der Waals surface area (Å²) in [5.74, 6) is 0.921. The number of benzene rings is 2. The average Bonchev–Trinajstić information content (AvgIpc) is 2.48. The van der Waals surface area contributed by atoms with E-state index in [1.807, 2.05) is 36.4 Å². The zero-order chi connectivity index (χ0) is 13.5. The van der Waals surface area contributed by atoms with Crippen molar-refractivity contribution in [3.8, 4) is 5.75 Å². The molecule has 0 aliphatic heterocycles. The molecule has 0 radical (unpaired) electrons. The Morgan fingerprint density at radius 2 is 1.68 bits per heavy atom. The number of ether oxygens (including phenoxy) is 1. The van der Waals surface area contributed by atoms with Gasteiger partial charge in [-0.1, -0.05) is 68.5 Å². The molecule has 1 heteroatoms. The van der Waals surface area contributed by atoms with E-state index in [1.165, 1.54) is 0 Å². The van der Waals surface area contributed by atoms with Crippen LogP contribution in [-0.2, 0) is 0 Å². The summed E-state index contributed by atoms with van der Waals surface area (Å²) in [4.78, 5) is 0. The van der Waals surface area contributed by atoms with E-state index in [9.17, 15) is 0 Å². The van der Waals surface area contributed by atoms with Gasteiger partial charge in [-0.25, -0.2) is 0 Å². The topological polar surface area (TPSA) is 9.23 Å². The van der Waals surface area contributed by atoms with Crippen LogP contribution in [0.5, 0.6) is 5.75 Å². The number of rotatable bonds is 6. The molecule has 0 bridgehead atoms. The summed E-state index contributed by atoms with van der Waals surface area (Å²) in [5, 5.41) is 0. The molecule has 1 nitrogen and oxygen atoms in total. The number of hydrogen-bond acceptors (Lipinski definition) is 1. The molecule has 0 unspecified atom stereocenters. The summed E-state index contributed by atoms with van der Waals surface area (Å²) in [7, 11) is 0. The van der Waals surface area contributed by atoms with E-state index in [0.717, 1.165) is 41.9 Å². The van der Waals surface area contributed by atoms with Crippen molar-refractivity contribution in [1.82, 2.24) is 0 Å². The molecule has 2 aromatic carbocycles. The molecule has 19 heavy (non-hydrogen) atoms. The fourth-order valence-corrected chi connectivity index (χ4v) is 1.96. The van der Waals surface area contributed by atoms with Crippen LogP contribution in [0.4, 0.5) is 0 Å². The van der Waals surface area contributed by atoms with E-state index in [1.54, 1.807) is 0 Å². The Kier molecular flexibility index (Phi) is 4.79. The smallest absolute Gasteiger partial charge is 0.127 e. The first kappa shape index (κ1) is 13.4. The highest BCUT2D eigenvalue weighted by Gasteiger charge is 2.08. The molecule has 0 atom stereocenters. The fraction of sp³-hybridized carbons (Fsp3) is 0.222. The van der Waals surface area contributed by atoms with Gasteiger partial charge in [0.15, 0.2) is 0 Å². The molecule has 0 amide bonds. The van der Waals surface area contributed by atoms with Gasteiger partial charge in [0.25, 0.3) is 0 Å². The van der Waals surface area contributed by atoms with E-state index in [4.69, 9.17) is 4.74 Å². The lowest BCUT2D eigenvalue weighted by molar-refractivity contribution is 0.308. The third kappa shape index (κ3) is 3.47. The lowest BCUT2D eigenvalue weighted by atomic mass is 9.99. The highest BCUT2D eigenvalue weighted by Crippen LogP contribution is 2.29. The Morgan fingerprint density at radius 1 is 1.00 bits per heavy atom. The highest BCUT2D eigenvalue weighted by atomic mass is 16.5. The van der Waals surface area contributed by atoms with Crippen LogP contribution in [0.3, 0.4) is 0 Å². The summed E-state index contributed by atoms with van der Waals surface area (Å²) in [6.45, 7) is 7.13. The fourth-order valence-electron chi connectivity index (χ4n) is 1.96. The van der Waals surface area contributed by atoms with Crippen molar-refractivity contribution in [1.29, 1.82) is 0 Å². The Balaban J connectivity index is 2.22. The lowest BCUT2D eigenvalue weighted by Gasteiger charge is -2.13. The summed E-state index contributed by atoms with van der Waals surface area (Å²) >= 11 is 0. The predicted octanol–water partition coefficient (Wildman–Crippen LogP) is 4.93. The predicted molar refractivity (Wildman–Crippen MR) is 81.4 cm³/mol. The van der Waals surface area contributed by atoms with Gasteiger partial charge in [-0.05, 0) is 23.6 Å². The second kappa shape index (κ2) is 6.79. The largest absolute Gasteiger partial charge is 0.493 e. The first-order valence-corrected chi connectivity index (χ1v) is 6.79. The van der Waals surface area contributed by atoms with Gasteiger partial charge in [-0.3, -0.25) is 0 Å². The summed E-state index contributed by atoms with van der Waals surface area (Å²) in [6.07, 6.45) is 2.22. The SMILES string of the molecule is C=C(c1ccccc1)c1ccccc1OCCCC. The van der Waals surface area contributed by atoms with Crippen LogP contribution in [0.25, 0.3) is 5.57 Å². The Hall–Kier alpha value is -2.02. The van der Waals surface area contributed by atoms with Crippen LogP contribution in [0.15, 0.2) is 61.2 Å². The zero-order valence-electron chi connectivity index (χ0n) is 11.4. The minimum absolute atomic E-state index is 0.760. The van der Waals surface area contributed by atoms with Crippen molar-refractivity contribution >= 4 is 5.57 Å². The molecule has 0 spiro atoms. The summed E-state index contributed by atoms with van der Waals surface area (Å²) in [6, 6.07) is 18.3. The molecular weight excluding hydrogens is 232 g/mol. The first-order valence-electron chi connectivity index (χ1n) is 6.79. The number of hydrogen-bond donors (Lipinski definition) is 0. The van der Waals surface area contributed by atoms with Crippen LogP contribution in [0.2, 0.25) is 0 Å². The van der Waals surface area contributed by atoms with Crippen molar-refractivity contribution in [2.45, 2.75) is 19.8 Å². The molecule has 2 rings (SSSR count). The normalized spacial score (nSPS) is 10.2. The van der Waals surface area contributed by atoms with Crippen molar-refractivity contribution < 1.29 is 4.74 Å². The van der Waals surface area contributed by atoms with Gasteiger partial charge in [0.05, 0.1) is 6.61 Å². The van der Waals surface area contributed by atoms with Crippen molar-refractivity contribution in [3.05, 3.63) is 72.3 Å². The van der Waals surface area contributed by atoms with Crippen molar-refractivity contribution in [2.75, 3.05) is 6.61 Å². The highest BCUT2D eigenvalue weighted by molar-refractivity contribution is 5.81. The quantitative estimate of drug-likeness (QED) is 0.662. The van der Waals surface area contributed by atoms with Gasteiger partial charge in [0.1, 0.15) is 5.75 Å². The van der Waals surface area contributed by atoms with Crippen LogP contribution in [0.1, 0.15) is 30.9 Å². The number of para-hydroxylation sites is 1. The van der Waals surface area contributed by atoms with Gasteiger partial charge in [-0.2, -0.15) is 0 Å². The molecule has 0 fully saturated rings. The second-order valence-corrected chi connectivity index (χ2v) is 4.54. The standard InChI is InChI=1S/C18H20O/c1-3-4-14-19-18-13-9-8-12-17(18)15(2)16-10-6-5-7-11-16/h5-13H,2-4,14H2,1H3. The monoisotopic (exact) mass is 252 g/mol. The van der Waals surface area contributed by atoms with Crippen LogP contribution >= 0.6 is 0 Å². The van der Waals surface area contributed by atoms with Crippen molar-refractivity contribution in [2.24, 2.45) is 0 Å². The van der Waals surface area contributed by atoms with E-state index < -0.39 is 0 Å². The number of unbranched alkanes of at least 4 members (excludes halogenated alkanes) is 1. The van der Waals surface area contributed by atoms with Gasteiger partial charge < -0.3 is 4.74 Å². The molecule has 0 saturated carbocycles. The minimum atomic E-state index is 0.760. The third-order valence-corrected chi connectivity index (χ3v) is 3.09. The maximum atomic E-state index is 5.86. The zero-order valence-corrected chi connectivity index (χ0v) is 11.4. The van der Waals surface area contributed by atoms with E-state index in [-0.39, 0.29) is 0 Å². The van der Waals surface area contributed by atoms with Gasteiger partial charge in [-0.15, -0.1) is 0 Å². The summed E-state index contributed by atoms with van der Waals surface area (Å²) in [5.41, 5.74) is 3.21. The third-order valence-electron chi connectivity index (χ3n) is 3.09. The van der Waals surface area contributed by atoms with Crippen LogP contribution in [0, 0.1) is 0 Å². The second-order valence-electron chi connectivity index (χ2n) is 4.54. The molecule has 2 aromatic rings. The maximum absolute atomic E-state index is 5.86. The molecule has 0 heterocycles. The van der Waals surface area contributed by atoms with E-state index in [0.29, 0.717) is 0 Å². The molecule has 0 saturated heterocycles. The molecule has 0 aliphatic carbocycles. The van der Waals surface area contributed by atoms with Crippen LogP contribution in [-0.4, -0.2) is 6.61 Å². The van der Waals surface area contributed by atoms with Gasteiger partial charge in [0.2, 0.25) is 0 Å². The molecule has 0 aromatic heterocycles. The Labute approximate surface area is 115 Å². The minimum Gasteiger partial charge on any atom is -0.493 e. The Bertz CT molecular complexity index is 528.